The second kappa shape index (κ2) is 8.94. The first-order valence-corrected chi connectivity index (χ1v) is 9.98. The van der Waals surface area contributed by atoms with E-state index in [1.54, 1.807) is 30.3 Å². The smallest absolute Gasteiger partial charge is 0.341 e. The van der Waals surface area contributed by atoms with Gasteiger partial charge in [-0.2, -0.15) is 8.78 Å². The van der Waals surface area contributed by atoms with Crippen molar-refractivity contribution in [2.75, 3.05) is 10.6 Å². The Morgan fingerprint density at radius 1 is 1.07 bits per heavy atom. The lowest BCUT2D eigenvalue weighted by Gasteiger charge is -2.13. The molecule has 0 saturated carbocycles. The molecule has 0 aliphatic carbocycles. The third-order valence-corrected chi connectivity index (χ3v) is 5.15. The molecule has 0 saturated heterocycles. The number of amides is 1. The minimum atomic E-state index is -4.70. The highest BCUT2D eigenvalue weighted by molar-refractivity contribution is 7.91. The molecule has 2 N–H and O–H groups in total. The zero-order valence-electron chi connectivity index (χ0n) is 15.1. The van der Waals surface area contributed by atoms with Crippen LogP contribution in [0.3, 0.4) is 0 Å². The quantitative estimate of drug-likeness (QED) is 0.698. The molecule has 0 aliphatic rings. The van der Waals surface area contributed by atoms with Crippen molar-refractivity contribution in [3.8, 4) is 0 Å². The van der Waals surface area contributed by atoms with Gasteiger partial charge in [0.1, 0.15) is 0 Å². The summed E-state index contributed by atoms with van der Waals surface area (Å²) in [4.78, 5) is 11.4. The molecule has 0 radical (unpaired) electrons. The number of hydrogen-bond donors (Lipinski definition) is 2. The molecule has 146 valence electrons. The summed E-state index contributed by atoms with van der Waals surface area (Å²) in [6.45, 7) is 4.11. The van der Waals surface area contributed by atoms with Crippen LogP contribution >= 0.6 is 0 Å². The number of benzene rings is 2. The van der Waals surface area contributed by atoms with Crippen LogP contribution in [-0.2, 0) is 21.2 Å². The standard InChI is InChI=1S/C19H22F2N2O3S/c1-13(2)10-18(24)23-15-7-5-6-14(11-15)12-22-16-8-3-4-9-17(16)27(25,26)19(20)21/h3-9,11,13,19,22H,10,12H2,1-2H3,(H,23,24). The number of anilines is 2. The van der Waals surface area contributed by atoms with Crippen LogP contribution < -0.4 is 10.6 Å². The predicted octanol–water partition coefficient (Wildman–Crippen LogP) is 4.28. The molecule has 5 nitrogen and oxygen atoms in total. The Morgan fingerprint density at radius 2 is 1.78 bits per heavy atom. The van der Waals surface area contributed by atoms with Crippen molar-refractivity contribution >= 4 is 27.1 Å². The van der Waals surface area contributed by atoms with Crippen molar-refractivity contribution in [3.05, 3.63) is 54.1 Å². The first kappa shape index (κ1) is 20.8. The van der Waals surface area contributed by atoms with Crippen molar-refractivity contribution in [2.45, 2.75) is 37.5 Å². The van der Waals surface area contributed by atoms with Crippen molar-refractivity contribution in [2.24, 2.45) is 5.92 Å². The fourth-order valence-corrected chi connectivity index (χ4v) is 3.40. The summed E-state index contributed by atoms with van der Waals surface area (Å²) in [7, 11) is -4.70. The third kappa shape index (κ3) is 5.75. The number of carbonyl (C=O) groups is 1. The Hall–Kier alpha value is -2.48. The van der Waals surface area contributed by atoms with E-state index in [9.17, 15) is 22.0 Å². The second-order valence-electron chi connectivity index (χ2n) is 6.50. The second-order valence-corrected chi connectivity index (χ2v) is 8.39. The van der Waals surface area contributed by atoms with Gasteiger partial charge in [-0.05, 0) is 35.7 Å². The maximum Gasteiger partial charge on any atom is 0.341 e. The predicted molar refractivity (Wildman–Crippen MR) is 101 cm³/mol. The van der Waals surface area contributed by atoms with Crippen LogP contribution in [0.2, 0.25) is 0 Å². The van der Waals surface area contributed by atoms with Crippen molar-refractivity contribution in [1.29, 1.82) is 0 Å². The highest BCUT2D eigenvalue weighted by atomic mass is 32.2. The van der Waals surface area contributed by atoms with Gasteiger partial charge in [-0.1, -0.05) is 38.1 Å². The Bertz CT molecular complexity index is 899. The molecule has 2 aromatic rings. The Labute approximate surface area is 157 Å². The molecule has 0 aliphatic heterocycles. The summed E-state index contributed by atoms with van der Waals surface area (Å²) < 4.78 is 49.3. The van der Waals surface area contributed by atoms with Gasteiger partial charge in [-0.15, -0.1) is 0 Å². The largest absolute Gasteiger partial charge is 0.380 e. The molecule has 0 atom stereocenters. The molecule has 0 bridgehead atoms. The van der Waals surface area contributed by atoms with Gasteiger partial charge >= 0.3 is 5.76 Å². The Balaban J connectivity index is 2.12. The summed E-state index contributed by atoms with van der Waals surface area (Å²) in [6, 6.07) is 12.6. The number of para-hydroxylation sites is 1. The lowest BCUT2D eigenvalue weighted by molar-refractivity contribution is -0.116. The Morgan fingerprint density at radius 3 is 2.44 bits per heavy atom. The zero-order chi connectivity index (χ0) is 20.0. The van der Waals surface area contributed by atoms with Crippen molar-refractivity contribution in [3.63, 3.8) is 0 Å². The van der Waals surface area contributed by atoms with Crippen molar-refractivity contribution < 1.29 is 22.0 Å². The summed E-state index contributed by atoms with van der Waals surface area (Å²) in [6.07, 6.45) is 0.404. The van der Waals surface area contributed by atoms with Crippen LogP contribution in [0.5, 0.6) is 0 Å². The zero-order valence-corrected chi connectivity index (χ0v) is 15.9. The van der Waals surface area contributed by atoms with Crippen molar-refractivity contribution in [1.82, 2.24) is 0 Å². The van der Waals surface area contributed by atoms with Crippen LogP contribution in [0.25, 0.3) is 0 Å². The average molecular weight is 396 g/mol. The van der Waals surface area contributed by atoms with Gasteiger partial charge in [0.05, 0.1) is 10.6 Å². The molecule has 0 unspecified atom stereocenters. The average Bonchev–Trinajstić information content (AvgIpc) is 2.59. The number of carbonyl (C=O) groups excluding carboxylic acids is 1. The number of halogens is 2. The fourth-order valence-electron chi connectivity index (χ4n) is 2.50. The van der Waals surface area contributed by atoms with Crippen LogP contribution in [0, 0.1) is 5.92 Å². The van der Waals surface area contributed by atoms with E-state index in [-0.39, 0.29) is 24.1 Å². The molecule has 0 spiro atoms. The van der Waals surface area contributed by atoms with E-state index in [4.69, 9.17) is 0 Å². The van der Waals surface area contributed by atoms with Crippen LogP contribution in [-0.4, -0.2) is 20.1 Å². The number of alkyl halides is 2. The summed E-state index contributed by atoms with van der Waals surface area (Å²) >= 11 is 0. The molecular weight excluding hydrogens is 374 g/mol. The van der Waals surface area contributed by atoms with Gasteiger partial charge in [-0.25, -0.2) is 8.42 Å². The first-order chi connectivity index (χ1) is 12.7. The molecule has 2 rings (SSSR count). The van der Waals surface area contributed by atoms with E-state index in [1.165, 1.54) is 12.1 Å². The van der Waals surface area contributed by atoms with Gasteiger partial charge in [0.2, 0.25) is 15.7 Å². The lowest BCUT2D eigenvalue weighted by atomic mass is 10.1. The minimum absolute atomic E-state index is 0.0940. The minimum Gasteiger partial charge on any atom is -0.380 e. The van der Waals surface area contributed by atoms with Gasteiger partial charge < -0.3 is 10.6 Å². The van der Waals surface area contributed by atoms with Gasteiger partial charge in [0, 0.05) is 18.7 Å². The SMILES string of the molecule is CC(C)CC(=O)Nc1cccc(CNc2ccccc2S(=O)(=O)C(F)F)c1. The topological polar surface area (TPSA) is 75.3 Å². The van der Waals surface area contributed by atoms with Crippen LogP contribution in [0.1, 0.15) is 25.8 Å². The number of nitrogens with one attached hydrogen (secondary N) is 2. The number of hydrogen-bond acceptors (Lipinski definition) is 4. The van der Waals surface area contributed by atoms with E-state index >= 15 is 0 Å². The maximum atomic E-state index is 12.9. The molecule has 0 heterocycles. The highest BCUT2D eigenvalue weighted by Gasteiger charge is 2.28. The monoisotopic (exact) mass is 396 g/mol. The van der Waals surface area contributed by atoms with Crippen LogP contribution in [0.4, 0.5) is 20.2 Å². The summed E-state index contributed by atoms with van der Waals surface area (Å²) in [5.74, 6) is -3.34. The van der Waals surface area contributed by atoms with Gasteiger partial charge in [0.25, 0.3) is 0 Å². The van der Waals surface area contributed by atoms with Crippen LogP contribution in [0.15, 0.2) is 53.4 Å². The number of rotatable bonds is 8. The van der Waals surface area contributed by atoms with E-state index < -0.39 is 20.5 Å². The molecule has 1 amide bonds. The normalized spacial score (nSPS) is 11.6. The fraction of sp³-hybridized carbons (Fsp3) is 0.316. The summed E-state index contributed by atoms with van der Waals surface area (Å²) in [5.41, 5.74) is 1.49. The highest BCUT2D eigenvalue weighted by Crippen LogP contribution is 2.26. The first-order valence-electron chi connectivity index (χ1n) is 8.44. The molecule has 2 aromatic carbocycles. The molecule has 8 heteroatoms. The lowest BCUT2D eigenvalue weighted by Crippen LogP contribution is -2.15. The molecule has 0 aromatic heterocycles. The van der Waals surface area contributed by atoms with E-state index in [0.29, 0.717) is 12.1 Å². The van der Waals surface area contributed by atoms with Gasteiger partial charge in [0.15, 0.2) is 0 Å². The molecular formula is C19H22F2N2O3S. The van der Waals surface area contributed by atoms with E-state index in [1.807, 2.05) is 13.8 Å². The molecule has 27 heavy (non-hydrogen) atoms. The molecule has 0 fully saturated rings. The van der Waals surface area contributed by atoms with E-state index in [2.05, 4.69) is 10.6 Å². The Kier molecular flexibility index (Phi) is 6.90. The maximum absolute atomic E-state index is 12.9. The number of sulfone groups is 1. The van der Waals surface area contributed by atoms with Gasteiger partial charge in [-0.3, -0.25) is 4.79 Å². The summed E-state index contributed by atoms with van der Waals surface area (Å²) in [5, 5.41) is 5.68. The third-order valence-electron chi connectivity index (χ3n) is 3.72. The van der Waals surface area contributed by atoms with E-state index in [0.717, 1.165) is 11.6 Å².